The summed E-state index contributed by atoms with van der Waals surface area (Å²) in [5.41, 5.74) is 1.22. The first-order valence-electron chi connectivity index (χ1n) is 7.28. The van der Waals surface area contributed by atoms with Crippen LogP contribution in [0.5, 0.6) is 0 Å². The van der Waals surface area contributed by atoms with Gasteiger partial charge >= 0.3 is 0 Å². The number of hydrogen-bond donors (Lipinski definition) is 2. The zero-order valence-electron chi connectivity index (χ0n) is 12.5. The smallest absolute Gasteiger partial charge is 0.268 e. The predicted octanol–water partition coefficient (Wildman–Crippen LogP) is 1.59. The van der Waals surface area contributed by atoms with Crippen molar-refractivity contribution in [2.75, 3.05) is 7.11 Å². The molecule has 1 saturated carbocycles. The third-order valence-electron chi connectivity index (χ3n) is 4.41. The molecule has 22 heavy (non-hydrogen) atoms. The van der Waals surface area contributed by atoms with Crippen molar-refractivity contribution in [3.05, 3.63) is 35.8 Å². The number of benzene rings is 1. The van der Waals surface area contributed by atoms with Gasteiger partial charge in [0.2, 0.25) is 0 Å². The highest BCUT2D eigenvalue weighted by atomic mass is 19.1. The fourth-order valence-electron chi connectivity index (χ4n) is 3.14. The van der Waals surface area contributed by atoms with Crippen LogP contribution in [0.3, 0.4) is 0 Å². The number of nitrogens with zero attached hydrogens (tertiary/aromatic N) is 1. The van der Waals surface area contributed by atoms with Gasteiger partial charge in [-0.2, -0.15) is 0 Å². The maximum Gasteiger partial charge on any atom is 0.268 e. The van der Waals surface area contributed by atoms with Crippen LogP contribution in [-0.2, 0) is 11.8 Å². The van der Waals surface area contributed by atoms with Gasteiger partial charge in [-0.1, -0.05) is 0 Å². The van der Waals surface area contributed by atoms with Crippen molar-refractivity contribution < 1.29 is 19.0 Å². The van der Waals surface area contributed by atoms with E-state index in [2.05, 4.69) is 5.32 Å². The molecule has 0 saturated heterocycles. The lowest BCUT2D eigenvalue weighted by atomic mass is 10.2. The van der Waals surface area contributed by atoms with E-state index in [1.165, 1.54) is 12.1 Å². The number of nitrogens with one attached hydrogen (secondary N) is 1. The van der Waals surface area contributed by atoms with Crippen LogP contribution >= 0.6 is 0 Å². The fourth-order valence-corrected chi connectivity index (χ4v) is 3.14. The predicted molar refractivity (Wildman–Crippen MR) is 80.2 cm³/mol. The number of carbonyl (C=O) groups is 1. The van der Waals surface area contributed by atoms with Gasteiger partial charge in [-0.15, -0.1) is 0 Å². The Morgan fingerprint density at radius 3 is 2.86 bits per heavy atom. The topological polar surface area (TPSA) is 63.5 Å². The van der Waals surface area contributed by atoms with Crippen LogP contribution in [0.4, 0.5) is 4.39 Å². The van der Waals surface area contributed by atoms with Crippen molar-refractivity contribution >= 4 is 16.8 Å². The first-order chi connectivity index (χ1) is 10.5. The molecule has 1 aliphatic carbocycles. The first kappa shape index (κ1) is 15.0. The average molecular weight is 306 g/mol. The fraction of sp³-hybridized carbons (Fsp3) is 0.438. The van der Waals surface area contributed by atoms with Gasteiger partial charge in [-0.25, -0.2) is 4.39 Å². The SMILES string of the molecule is CO[C@@H]1CC[C@@H](NC(=O)c2cc3cc(F)ccc3n2C)[C@H]1O. The minimum atomic E-state index is -0.707. The molecule has 0 radical (unpaired) electrons. The maximum absolute atomic E-state index is 13.3. The second-order valence-corrected chi connectivity index (χ2v) is 5.71. The highest BCUT2D eigenvalue weighted by Crippen LogP contribution is 2.24. The van der Waals surface area contributed by atoms with Crippen LogP contribution in [0, 0.1) is 5.82 Å². The van der Waals surface area contributed by atoms with E-state index in [0.717, 1.165) is 5.52 Å². The molecule has 118 valence electrons. The van der Waals surface area contributed by atoms with Gasteiger partial charge in [0.1, 0.15) is 17.6 Å². The monoisotopic (exact) mass is 306 g/mol. The van der Waals surface area contributed by atoms with Gasteiger partial charge in [0.15, 0.2) is 0 Å². The highest BCUT2D eigenvalue weighted by Gasteiger charge is 2.36. The van der Waals surface area contributed by atoms with Gasteiger partial charge in [0.05, 0.1) is 12.1 Å². The Hall–Kier alpha value is -1.92. The molecule has 0 spiro atoms. The van der Waals surface area contributed by atoms with Crippen LogP contribution in [0.1, 0.15) is 23.3 Å². The standard InChI is InChI=1S/C16H19FN2O3/c1-19-12-5-3-10(17)7-9(12)8-13(19)16(21)18-11-4-6-14(22-2)15(11)20/h3,5,7-8,11,14-15,20H,4,6H2,1-2H3,(H,18,21)/t11-,14-,15-/m1/s1. The van der Waals surface area contributed by atoms with Crippen LogP contribution in [-0.4, -0.2) is 40.9 Å². The maximum atomic E-state index is 13.3. The highest BCUT2D eigenvalue weighted by molar-refractivity contribution is 5.98. The molecular weight excluding hydrogens is 287 g/mol. The molecule has 1 aromatic carbocycles. The molecule has 0 aliphatic heterocycles. The second kappa shape index (κ2) is 5.70. The minimum absolute atomic E-state index is 0.244. The lowest BCUT2D eigenvalue weighted by Crippen LogP contribution is -2.43. The number of ether oxygens (including phenoxy) is 1. The zero-order chi connectivity index (χ0) is 15.9. The third kappa shape index (κ3) is 2.48. The number of aliphatic hydroxyl groups excluding tert-OH is 1. The Balaban J connectivity index is 1.82. The van der Waals surface area contributed by atoms with Gasteiger partial charge in [-0.3, -0.25) is 4.79 Å². The van der Waals surface area contributed by atoms with Crippen molar-refractivity contribution in [2.24, 2.45) is 7.05 Å². The Kier molecular flexibility index (Phi) is 3.88. The quantitative estimate of drug-likeness (QED) is 0.905. The van der Waals surface area contributed by atoms with Crippen molar-refractivity contribution in [1.82, 2.24) is 9.88 Å². The summed E-state index contributed by atoms with van der Waals surface area (Å²) in [5, 5.41) is 13.6. The molecule has 5 nitrogen and oxygen atoms in total. The molecule has 3 rings (SSSR count). The number of aliphatic hydroxyl groups is 1. The number of rotatable bonds is 3. The first-order valence-corrected chi connectivity index (χ1v) is 7.28. The van der Waals surface area contributed by atoms with E-state index in [0.29, 0.717) is 23.9 Å². The Morgan fingerprint density at radius 1 is 1.41 bits per heavy atom. The molecule has 0 unspecified atom stereocenters. The van der Waals surface area contributed by atoms with Crippen molar-refractivity contribution in [3.63, 3.8) is 0 Å². The van der Waals surface area contributed by atoms with Gasteiger partial charge < -0.3 is 19.7 Å². The number of fused-ring (bicyclic) bond motifs is 1. The molecule has 1 aliphatic rings. The minimum Gasteiger partial charge on any atom is -0.388 e. The molecular formula is C16H19FN2O3. The van der Waals surface area contributed by atoms with E-state index < -0.39 is 6.10 Å². The van der Waals surface area contributed by atoms with Crippen molar-refractivity contribution in [1.29, 1.82) is 0 Å². The average Bonchev–Trinajstić information content (AvgIpc) is 3.00. The Bertz CT molecular complexity index is 713. The van der Waals surface area contributed by atoms with Crippen molar-refractivity contribution in [3.8, 4) is 0 Å². The summed E-state index contributed by atoms with van der Waals surface area (Å²) in [6.07, 6.45) is 0.431. The number of amides is 1. The number of carbonyl (C=O) groups excluding carboxylic acids is 1. The van der Waals surface area contributed by atoms with Gasteiger partial charge in [0, 0.05) is 25.1 Å². The number of aryl methyl sites for hydroxylation is 1. The lowest BCUT2D eigenvalue weighted by Gasteiger charge is -2.19. The largest absolute Gasteiger partial charge is 0.388 e. The summed E-state index contributed by atoms with van der Waals surface area (Å²) in [7, 11) is 3.31. The van der Waals surface area contributed by atoms with Gasteiger partial charge in [-0.05, 0) is 37.1 Å². The van der Waals surface area contributed by atoms with E-state index in [1.807, 2.05) is 0 Å². The summed E-state index contributed by atoms with van der Waals surface area (Å²) in [5.74, 6) is -0.612. The van der Waals surface area contributed by atoms with E-state index in [4.69, 9.17) is 4.74 Å². The number of hydrogen-bond acceptors (Lipinski definition) is 3. The summed E-state index contributed by atoms with van der Waals surface area (Å²) in [6, 6.07) is 5.74. The Morgan fingerprint density at radius 2 is 2.18 bits per heavy atom. The summed E-state index contributed by atoms with van der Waals surface area (Å²) < 4.78 is 20.2. The third-order valence-corrected chi connectivity index (χ3v) is 4.41. The van der Waals surface area contributed by atoms with Crippen molar-refractivity contribution in [2.45, 2.75) is 31.1 Å². The molecule has 1 heterocycles. The summed E-state index contributed by atoms with van der Waals surface area (Å²) in [4.78, 5) is 12.4. The molecule has 1 aromatic heterocycles. The van der Waals surface area contributed by atoms with Crippen LogP contribution in [0.15, 0.2) is 24.3 Å². The van der Waals surface area contributed by atoms with Gasteiger partial charge in [0.25, 0.3) is 5.91 Å². The van der Waals surface area contributed by atoms with E-state index in [-0.39, 0.29) is 23.9 Å². The number of methoxy groups -OCH3 is 1. The number of halogens is 1. The number of aromatic nitrogens is 1. The zero-order valence-corrected chi connectivity index (χ0v) is 12.5. The van der Waals surface area contributed by atoms with Crippen LogP contribution < -0.4 is 5.32 Å². The summed E-state index contributed by atoms with van der Waals surface area (Å²) >= 11 is 0. The summed E-state index contributed by atoms with van der Waals surface area (Å²) in [6.45, 7) is 0. The Labute approximate surface area is 127 Å². The lowest BCUT2D eigenvalue weighted by molar-refractivity contribution is 0.000168. The second-order valence-electron chi connectivity index (χ2n) is 5.71. The van der Waals surface area contributed by atoms with Crippen LogP contribution in [0.2, 0.25) is 0 Å². The van der Waals surface area contributed by atoms with E-state index in [1.54, 1.807) is 30.9 Å². The van der Waals surface area contributed by atoms with Crippen LogP contribution in [0.25, 0.3) is 10.9 Å². The van der Waals surface area contributed by atoms with E-state index in [9.17, 15) is 14.3 Å². The molecule has 2 aromatic rings. The molecule has 2 N–H and O–H groups in total. The molecule has 1 fully saturated rings. The molecule has 1 amide bonds. The molecule has 6 heteroatoms. The van der Waals surface area contributed by atoms with E-state index >= 15 is 0 Å². The normalized spacial score (nSPS) is 24.8. The molecule has 0 bridgehead atoms. The molecule has 3 atom stereocenters.